The third kappa shape index (κ3) is 3.01. The van der Waals surface area contributed by atoms with Gasteiger partial charge in [-0.1, -0.05) is 5.16 Å². The van der Waals surface area contributed by atoms with Crippen LogP contribution in [0, 0.1) is 0 Å². The molecule has 0 radical (unpaired) electrons. The zero-order valence-electron chi connectivity index (χ0n) is 13.2. The minimum atomic E-state index is -0.131. The van der Waals surface area contributed by atoms with Crippen molar-refractivity contribution in [3.05, 3.63) is 52.6 Å². The van der Waals surface area contributed by atoms with Crippen LogP contribution in [0.1, 0.15) is 39.5 Å². The van der Waals surface area contributed by atoms with Crippen LogP contribution in [0.2, 0.25) is 0 Å². The Labute approximate surface area is 143 Å². The number of aryl methyl sites for hydroxylation is 1. The number of carbonyl (C=O) groups is 1. The second kappa shape index (κ2) is 6.65. The summed E-state index contributed by atoms with van der Waals surface area (Å²) in [6.45, 7) is 0.589. The highest BCUT2D eigenvalue weighted by Gasteiger charge is 2.23. The molecule has 0 saturated heterocycles. The summed E-state index contributed by atoms with van der Waals surface area (Å²) in [6, 6.07) is 6.13. The average Bonchev–Trinajstić information content (AvgIpc) is 3.34. The summed E-state index contributed by atoms with van der Waals surface area (Å²) in [5, 5.41) is 6.92. The first kappa shape index (κ1) is 15.2. The number of fused-ring (bicyclic) bond motifs is 1. The van der Waals surface area contributed by atoms with Gasteiger partial charge in [-0.15, -0.1) is 11.3 Å². The molecule has 0 bridgehead atoms. The van der Waals surface area contributed by atoms with Crippen molar-refractivity contribution in [2.24, 2.45) is 0 Å². The predicted molar refractivity (Wildman–Crippen MR) is 91.2 cm³/mol. The number of thiophene rings is 1. The van der Waals surface area contributed by atoms with Crippen molar-refractivity contribution in [3.63, 3.8) is 0 Å². The zero-order valence-corrected chi connectivity index (χ0v) is 14.0. The molecule has 24 heavy (non-hydrogen) atoms. The Morgan fingerprint density at radius 1 is 1.25 bits per heavy atom. The number of carbonyl (C=O) groups excluding carboxylic acids is 1. The van der Waals surface area contributed by atoms with Crippen molar-refractivity contribution in [1.29, 1.82) is 0 Å². The van der Waals surface area contributed by atoms with Crippen LogP contribution in [-0.4, -0.2) is 17.6 Å². The second-order valence-electron chi connectivity index (χ2n) is 5.92. The van der Waals surface area contributed by atoms with E-state index in [2.05, 4.69) is 22.6 Å². The highest BCUT2D eigenvalue weighted by atomic mass is 32.1. The Morgan fingerprint density at radius 3 is 3.04 bits per heavy atom. The fourth-order valence-electron chi connectivity index (χ4n) is 3.02. The number of nitrogens with one attached hydrogen (secondary N) is 1. The molecule has 0 saturated carbocycles. The Balaban J connectivity index is 1.34. The van der Waals surface area contributed by atoms with Crippen LogP contribution < -0.4 is 5.32 Å². The first-order valence-electron chi connectivity index (χ1n) is 8.18. The van der Waals surface area contributed by atoms with Gasteiger partial charge in [-0.3, -0.25) is 4.79 Å². The third-order valence-corrected chi connectivity index (χ3v) is 5.48. The van der Waals surface area contributed by atoms with Crippen molar-refractivity contribution >= 4 is 17.2 Å². The van der Waals surface area contributed by atoms with Gasteiger partial charge in [0.1, 0.15) is 5.76 Å². The van der Waals surface area contributed by atoms with Gasteiger partial charge >= 0.3 is 0 Å². The minimum Gasteiger partial charge on any atom is -0.472 e. The number of aromatic nitrogens is 1. The summed E-state index contributed by atoms with van der Waals surface area (Å²) in [5.41, 5.74) is 2.55. The fraction of sp³-hybridized carbons (Fsp3) is 0.333. The zero-order chi connectivity index (χ0) is 16.4. The van der Waals surface area contributed by atoms with Crippen molar-refractivity contribution in [2.45, 2.75) is 32.1 Å². The topological polar surface area (TPSA) is 68.3 Å². The van der Waals surface area contributed by atoms with E-state index in [0.717, 1.165) is 49.0 Å². The normalized spacial score (nSPS) is 13.7. The summed E-state index contributed by atoms with van der Waals surface area (Å²) in [5.74, 6) is 0.753. The first-order valence-corrected chi connectivity index (χ1v) is 9.00. The molecule has 1 amide bonds. The van der Waals surface area contributed by atoms with Gasteiger partial charge in [0, 0.05) is 33.8 Å². The number of hydrogen-bond donors (Lipinski definition) is 1. The van der Waals surface area contributed by atoms with Crippen LogP contribution in [0.25, 0.3) is 10.4 Å². The van der Waals surface area contributed by atoms with Crippen LogP contribution in [-0.2, 0) is 19.3 Å². The number of rotatable bonds is 5. The summed E-state index contributed by atoms with van der Waals surface area (Å²) in [7, 11) is 0. The molecule has 0 unspecified atom stereocenters. The molecule has 124 valence electrons. The molecular weight excluding hydrogens is 324 g/mol. The van der Waals surface area contributed by atoms with E-state index in [1.165, 1.54) is 9.75 Å². The monoisotopic (exact) mass is 342 g/mol. The Bertz CT molecular complexity index is 832. The molecule has 0 atom stereocenters. The maximum absolute atomic E-state index is 12.3. The SMILES string of the molecule is O=C(NCCc1ccc(-c2ccoc2)s1)c1noc2c1CCCC2. The van der Waals surface area contributed by atoms with Crippen molar-refractivity contribution in [2.75, 3.05) is 6.54 Å². The standard InChI is InChI=1S/C18H18N2O3S/c21-18(17-14-3-1-2-4-15(14)23-20-17)19-9-7-13-5-6-16(24-13)12-8-10-22-11-12/h5-6,8,10-11H,1-4,7,9H2,(H,19,21). The van der Waals surface area contributed by atoms with E-state index >= 15 is 0 Å². The van der Waals surface area contributed by atoms with Crippen molar-refractivity contribution in [3.8, 4) is 10.4 Å². The smallest absolute Gasteiger partial charge is 0.273 e. The molecule has 3 aromatic heterocycles. The van der Waals surface area contributed by atoms with E-state index in [1.54, 1.807) is 23.9 Å². The van der Waals surface area contributed by atoms with E-state index in [4.69, 9.17) is 8.94 Å². The van der Waals surface area contributed by atoms with Crippen LogP contribution >= 0.6 is 11.3 Å². The predicted octanol–water partition coefficient (Wildman–Crippen LogP) is 3.85. The lowest BCUT2D eigenvalue weighted by Gasteiger charge is -2.09. The number of nitrogens with zero attached hydrogens (tertiary/aromatic N) is 1. The van der Waals surface area contributed by atoms with Crippen LogP contribution in [0.5, 0.6) is 0 Å². The molecule has 0 fully saturated rings. The lowest BCUT2D eigenvalue weighted by atomic mass is 9.96. The van der Waals surface area contributed by atoms with E-state index < -0.39 is 0 Å². The second-order valence-corrected chi connectivity index (χ2v) is 7.09. The fourth-order valence-corrected chi connectivity index (χ4v) is 4.01. The number of amides is 1. The third-order valence-electron chi connectivity index (χ3n) is 4.29. The van der Waals surface area contributed by atoms with Gasteiger partial charge in [-0.05, 0) is 43.9 Å². The molecule has 3 aromatic rings. The maximum atomic E-state index is 12.3. The van der Waals surface area contributed by atoms with Crippen molar-refractivity contribution in [1.82, 2.24) is 10.5 Å². The van der Waals surface area contributed by atoms with Gasteiger partial charge < -0.3 is 14.3 Å². The average molecular weight is 342 g/mol. The molecule has 4 rings (SSSR count). The molecule has 5 nitrogen and oxygen atoms in total. The summed E-state index contributed by atoms with van der Waals surface area (Å²) >= 11 is 1.72. The van der Waals surface area contributed by atoms with E-state index in [-0.39, 0.29) is 5.91 Å². The quantitative estimate of drug-likeness (QED) is 0.765. The molecule has 0 aliphatic heterocycles. The highest BCUT2D eigenvalue weighted by Crippen LogP contribution is 2.28. The summed E-state index contributed by atoms with van der Waals surface area (Å²) in [4.78, 5) is 14.7. The molecule has 1 aliphatic carbocycles. The summed E-state index contributed by atoms with van der Waals surface area (Å²) < 4.78 is 10.4. The number of hydrogen-bond acceptors (Lipinski definition) is 5. The van der Waals surface area contributed by atoms with E-state index in [1.807, 2.05) is 6.07 Å². The van der Waals surface area contributed by atoms with Crippen LogP contribution in [0.3, 0.4) is 0 Å². The summed E-state index contributed by atoms with van der Waals surface area (Å²) in [6.07, 6.45) is 8.20. The molecule has 1 aliphatic rings. The molecule has 6 heteroatoms. The van der Waals surface area contributed by atoms with Crippen molar-refractivity contribution < 1.29 is 13.7 Å². The Hall–Kier alpha value is -2.34. The molecular formula is C18H18N2O3S. The van der Waals surface area contributed by atoms with Gasteiger partial charge in [0.25, 0.3) is 5.91 Å². The van der Waals surface area contributed by atoms with Crippen LogP contribution in [0.4, 0.5) is 0 Å². The largest absolute Gasteiger partial charge is 0.472 e. The molecule has 1 N–H and O–H groups in total. The van der Waals surface area contributed by atoms with Gasteiger partial charge in [0.2, 0.25) is 0 Å². The first-order chi connectivity index (χ1) is 11.8. The number of furan rings is 1. The lowest BCUT2D eigenvalue weighted by Crippen LogP contribution is -2.27. The van der Waals surface area contributed by atoms with Gasteiger partial charge in [-0.25, -0.2) is 0 Å². The Morgan fingerprint density at radius 2 is 2.17 bits per heavy atom. The van der Waals surface area contributed by atoms with E-state index in [9.17, 15) is 4.79 Å². The molecule has 0 aromatic carbocycles. The molecule has 0 spiro atoms. The van der Waals surface area contributed by atoms with Crippen LogP contribution in [0.15, 0.2) is 39.7 Å². The molecule has 3 heterocycles. The van der Waals surface area contributed by atoms with Gasteiger partial charge in [0.05, 0.1) is 12.5 Å². The lowest BCUT2D eigenvalue weighted by molar-refractivity contribution is 0.0944. The van der Waals surface area contributed by atoms with Gasteiger partial charge in [-0.2, -0.15) is 0 Å². The van der Waals surface area contributed by atoms with E-state index in [0.29, 0.717) is 12.2 Å². The maximum Gasteiger partial charge on any atom is 0.273 e. The van der Waals surface area contributed by atoms with Gasteiger partial charge in [0.15, 0.2) is 5.69 Å². The Kier molecular flexibility index (Phi) is 4.21. The highest BCUT2D eigenvalue weighted by molar-refractivity contribution is 7.15. The minimum absolute atomic E-state index is 0.131.